The largest absolute Gasteiger partial charge is 0.491 e. The second kappa shape index (κ2) is 8.68. The minimum absolute atomic E-state index is 0.400. The Bertz CT molecular complexity index is 717. The van der Waals surface area contributed by atoms with Crippen LogP contribution in [0.3, 0.4) is 0 Å². The van der Waals surface area contributed by atoms with Gasteiger partial charge in [-0.1, -0.05) is 11.6 Å². The summed E-state index contributed by atoms with van der Waals surface area (Å²) in [6, 6.07) is 2.34. The molecule has 0 fully saturated rings. The lowest BCUT2D eigenvalue weighted by molar-refractivity contribution is -0.277. The molecule has 0 N–H and O–H groups in total. The zero-order valence-corrected chi connectivity index (χ0v) is 14.4. The third kappa shape index (κ3) is 5.18. The van der Waals surface area contributed by atoms with E-state index in [9.17, 15) is 35.5 Å². The number of hydrogen-bond donors (Lipinski definition) is 0. The maximum Gasteiger partial charge on any atom is 0.461 e. The summed E-state index contributed by atoms with van der Waals surface area (Å²) in [5, 5.41) is -0.411. The lowest BCUT2D eigenvalue weighted by Crippen LogP contribution is -2.41. The standard InChI is InChI=1S/C15H12ClF7O4/c1-3-26-13(24)10(11(25-2)14(19,20)15(21,22)23)27-7-4-5-9(16)8(6-7)12(17)18/h4-6,12H,3H2,1-2H3. The predicted octanol–water partition coefficient (Wildman–Crippen LogP) is 5.28. The number of hydrogen-bond acceptors (Lipinski definition) is 4. The molecular weight excluding hydrogens is 413 g/mol. The Morgan fingerprint density at radius 2 is 1.78 bits per heavy atom. The molecule has 4 nitrogen and oxygen atoms in total. The summed E-state index contributed by atoms with van der Waals surface area (Å²) in [6.45, 7) is 0.851. The maximum absolute atomic E-state index is 13.7. The SMILES string of the molecule is CCOC(=O)C(Oc1ccc(Cl)c(C(F)F)c1)=C(OC)C(F)(F)C(F)(F)F. The molecular formula is C15H12ClF7O4. The second-order valence-electron chi connectivity index (χ2n) is 4.74. The summed E-state index contributed by atoms with van der Waals surface area (Å²) in [5.74, 6) is -11.8. The minimum Gasteiger partial charge on any atom is -0.491 e. The lowest BCUT2D eigenvalue weighted by Gasteiger charge is -2.23. The van der Waals surface area contributed by atoms with Crippen LogP contribution in [0.1, 0.15) is 18.9 Å². The minimum atomic E-state index is -6.13. The Kier molecular flexibility index (Phi) is 7.35. The van der Waals surface area contributed by atoms with Gasteiger partial charge in [0.25, 0.3) is 12.2 Å². The molecule has 0 unspecified atom stereocenters. The first kappa shape index (κ1) is 22.9. The van der Waals surface area contributed by atoms with Gasteiger partial charge in [0.2, 0.25) is 5.76 Å². The fraction of sp³-hybridized carbons (Fsp3) is 0.400. The van der Waals surface area contributed by atoms with Crippen LogP contribution in [0.25, 0.3) is 0 Å². The molecule has 152 valence electrons. The van der Waals surface area contributed by atoms with Crippen LogP contribution < -0.4 is 4.74 Å². The molecule has 12 heteroatoms. The summed E-state index contributed by atoms with van der Waals surface area (Å²) in [7, 11) is 0.448. The van der Waals surface area contributed by atoms with Crippen LogP contribution in [0.15, 0.2) is 29.7 Å². The number of carbonyl (C=O) groups excluding carboxylic acids is 1. The second-order valence-corrected chi connectivity index (χ2v) is 5.15. The van der Waals surface area contributed by atoms with Crippen LogP contribution >= 0.6 is 11.6 Å². The van der Waals surface area contributed by atoms with Gasteiger partial charge in [-0.2, -0.15) is 22.0 Å². The Hall–Kier alpha value is -2.17. The Balaban J connectivity index is 3.54. The van der Waals surface area contributed by atoms with Gasteiger partial charge in [-0.3, -0.25) is 0 Å². The molecule has 0 saturated heterocycles. The Labute approximate surface area is 153 Å². The van der Waals surface area contributed by atoms with Crippen LogP contribution in [0.2, 0.25) is 5.02 Å². The van der Waals surface area contributed by atoms with Gasteiger partial charge in [0.1, 0.15) is 5.75 Å². The lowest BCUT2D eigenvalue weighted by atomic mass is 10.2. The summed E-state index contributed by atoms with van der Waals surface area (Å²) in [4.78, 5) is 11.8. The van der Waals surface area contributed by atoms with Crippen LogP contribution in [0.4, 0.5) is 30.7 Å². The highest BCUT2D eigenvalue weighted by Crippen LogP contribution is 2.43. The van der Waals surface area contributed by atoms with Crippen LogP contribution in [0, 0.1) is 0 Å². The first-order valence-electron chi connectivity index (χ1n) is 7.02. The van der Waals surface area contributed by atoms with E-state index in [4.69, 9.17) is 16.3 Å². The molecule has 0 aliphatic carbocycles. The number of carbonyl (C=O) groups is 1. The van der Waals surface area contributed by atoms with E-state index in [1.54, 1.807) is 0 Å². The molecule has 1 rings (SSSR count). The average Bonchev–Trinajstić information content (AvgIpc) is 2.54. The van der Waals surface area contributed by atoms with Gasteiger partial charge >= 0.3 is 18.1 Å². The highest BCUT2D eigenvalue weighted by atomic mass is 35.5. The molecule has 0 heterocycles. The Morgan fingerprint density at radius 1 is 1.19 bits per heavy atom. The first-order valence-corrected chi connectivity index (χ1v) is 7.40. The number of benzene rings is 1. The zero-order chi connectivity index (χ0) is 21.0. The molecule has 27 heavy (non-hydrogen) atoms. The van der Waals surface area contributed by atoms with E-state index >= 15 is 0 Å². The fourth-order valence-corrected chi connectivity index (χ4v) is 1.94. The molecule has 1 aromatic rings. The molecule has 0 bridgehead atoms. The van der Waals surface area contributed by atoms with E-state index in [0.29, 0.717) is 13.2 Å². The molecule has 0 saturated carbocycles. The topological polar surface area (TPSA) is 44.8 Å². The van der Waals surface area contributed by atoms with Gasteiger partial charge in [-0.05, 0) is 25.1 Å². The number of alkyl halides is 7. The van der Waals surface area contributed by atoms with Crippen LogP contribution in [-0.2, 0) is 14.3 Å². The quantitative estimate of drug-likeness (QED) is 0.259. The summed E-state index contributed by atoms with van der Waals surface area (Å²) in [6.07, 6.45) is -9.23. The van der Waals surface area contributed by atoms with Gasteiger partial charge in [0, 0.05) is 10.6 Å². The number of allylic oxidation sites excluding steroid dienone is 1. The predicted molar refractivity (Wildman–Crippen MR) is 78.7 cm³/mol. The van der Waals surface area contributed by atoms with E-state index in [1.807, 2.05) is 0 Å². The van der Waals surface area contributed by atoms with Gasteiger partial charge in [-0.25, -0.2) is 13.6 Å². The zero-order valence-electron chi connectivity index (χ0n) is 13.7. The van der Waals surface area contributed by atoms with Gasteiger partial charge in [0.05, 0.1) is 13.7 Å². The molecule has 1 aromatic carbocycles. The first-order chi connectivity index (χ1) is 12.4. The normalized spacial score (nSPS) is 13.3. The van der Waals surface area contributed by atoms with E-state index in [0.717, 1.165) is 12.1 Å². The molecule has 0 amide bonds. The number of ether oxygens (including phenoxy) is 3. The number of methoxy groups -OCH3 is 1. The highest BCUT2D eigenvalue weighted by Gasteiger charge is 2.63. The number of halogens is 8. The number of rotatable bonds is 7. The molecule has 0 atom stereocenters. The van der Waals surface area contributed by atoms with E-state index in [-0.39, 0.29) is 0 Å². The van der Waals surface area contributed by atoms with Crippen molar-refractivity contribution in [3.63, 3.8) is 0 Å². The highest BCUT2D eigenvalue weighted by molar-refractivity contribution is 6.31. The van der Waals surface area contributed by atoms with Crippen molar-refractivity contribution >= 4 is 17.6 Å². The van der Waals surface area contributed by atoms with E-state index in [2.05, 4.69) is 9.47 Å². The maximum atomic E-state index is 13.7. The molecule has 0 aromatic heterocycles. The monoisotopic (exact) mass is 424 g/mol. The van der Waals surface area contributed by atoms with E-state index in [1.165, 1.54) is 6.92 Å². The van der Waals surface area contributed by atoms with E-state index < -0.39 is 59.0 Å². The molecule has 0 aliphatic rings. The average molecular weight is 425 g/mol. The Morgan fingerprint density at radius 3 is 2.22 bits per heavy atom. The van der Waals surface area contributed by atoms with Gasteiger partial charge in [-0.15, -0.1) is 0 Å². The van der Waals surface area contributed by atoms with Crippen LogP contribution in [0.5, 0.6) is 5.75 Å². The van der Waals surface area contributed by atoms with Crippen molar-refractivity contribution in [3.8, 4) is 5.75 Å². The van der Waals surface area contributed by atoms with Crippen molar-refractivity contribution in [2.45, 2.75) is 25.4 Å². The van der Waals surface area contributed by atoms with Crippen molar-refractivity contribution in [2.75, 3.05) is 13.7 Å². The van der Waals surface area contributed by atoms with Crippen LogP contribution in [-0.4, -0.2) is 31.8 Å². The summed E-state index contributed by atoms with van der Waals surface area (Å²) >= 11 is 5.53. The summed E-state index contributed by atoms with van der Waals surface area (Å²) < 4.78 is 104. The molecule has 0 radical (unpaired) electrons. The molecule has 0 spiro atoms. The number of esters is 1. The third-order valence-corrected chi connectivity index (χ3v) is 3.28. The molecule has 0 aliphatic heterocycles. The van der Waals surface area contributed by atoms with Gasteiger partial charge < -0.3 is 14.2 Å². The third-order valence-electron chi connectivity index (χ3n) is 2.93. The fourth-order valence-electron chi connectivity index (χ4n) is 1.74. The smallest absolute Gasteiger partial charge is 0.461 e. The van der Waals surface area contributed by atoms with Crippen molar-refractivity contribution in [2.24, 2.45) is 0 Å². The summed E-state index contributed by atoms with van der Waals surface area (Å²) in [5.41, 5.74) is -0.793. The van der Waals surface area contributed by atoms with Crippen molar-refractivity contribution in [1.29, 1.82) is 0 Å². The van der Waals surface area contributed by atoms with Crippen molar-refractivity contribution < 1.29 is 49.7 Å². The van der Waals surface area contributed by atoms with Crippen molar-refractivity contribution in [1.82, 2.24) is 0 Å². The van der Waals surface area contributed by atoms with Crippen molar-refractivity contribution in [3.05, 3.63) is 40.3 Å². The van der Waals surface area contributed by atoms with Gasteiger partial charge in [0.15, 0.2) is 0 Å².